The second kappa shape index (κ2) is 4.41. The largest absolute Gasteiger partial charge is 0.313 e. The number of rotatable bonds is 3. The molecule has 0 saturated carbocycles. The highest BCUT2D eigenvalue weighted by Crippen LogP contribution is 2.19. The Labute approximate surface area is 90.3 Å². The molecule has 0 bridgehead atoms. The van der Waals surface area contributed by atoms with Crippen LogP contribution >= 0.6 is 0 Å². The summed E-state index contributed by atoms with van der Waals surface area (Å²) in [5.41, 5.74) is 2.32. The smallest absolute Gasteiger partial charge is 0.0702 e. The van der Waals surface area contributed by atoms with Gasteiger partial charge in [-0.1, -0.05) is 25.1 Å². The van der Waals surface area contributed by atoms with E-state index in [1.165, 1.54) is 10.9 Å². The van der Waals surface area contributed by atoms with Crippen molar-refractivity contribution in [2.45, 2.75) is 19.4 Å². The van der Waals surface area contributed by atoms with Gasteiger partial charge in [0.1, 0.15) is 0 Å². The number of nitrogens with zero attached hydrogens (tertiary/aromatic N) is 1. The van der Waals surface area contributed by atoms with Crippen LogP contribution in [0.15, 0.2) is 36.5 Å². The Hall–Kier alpha value is -1.41. The third-order valence-electron chi connectivity index (χ3n) is 2.77. The van der Waals surface area contributed by atoms with Crippen LogP contribution in [0.5, 0.6) is 0 Å². The molecule has 0 fully saturated rings. The second-order valence-corrected chi connectivity index (χ2v) is 3.71. The highest BCUT2D eigenvalue weighted by Gasteiger charge is 2.06. The highest BCUT2D eigenvalue weighted by molar-refractivity contribution is 5.78. The van der Waals surface area contributed by atoms with E-state index in [9.17, 15) is 0 Å². The van der Waals surface area contributed by atoms with Crippen molar-refractivity contribution in [1.29, 1.82) is 0 Å². The van der Waals surface area contributed by atoms with Crippen molar-refractivity contribution in [1.82, 2.24) is 10.3 Å². The van der Waals surface area contributed by atoms with Crippen LogP contribution in [0.1, 0.15) is 24.9 Å². The summed E-state index contributed by atoms with van der Waals surface area (Å²) in [5, 5.41) is 4.50. The SMILES string of the molecule is CCC(NC)c1cnc2ccccc2c1. The first kappa shape index (κ1) is 10.1. The third-order valence-corrected chi connectivity index (χ3v) is 2.77. The Bertz CT molecular complexity index is 447. The van der Waals surface area contributed by atoms with E-state index in [0.717, 1.165) is 11.9 Å². The van der Waals surface area contributed by atoms with Crippen LogP contribution in [0.25, 0.3) is 10.9 Å². The number of pyridine rings is 1. The minimum absolute atomic E-state index is 0.405. The maximum absolute atomic E-state index is 4.46. The first-order valence-electron chi connectivity index (χ1n) is 5.37. The predicted octanol–water partition coefficient (Wildman–Crippen LogP) is 2.91. The number of fused-ring (bicyclic) bond motifs is 1. The number of nitrogens with one attached hydrogen (secondary N) is 1. The number of aromatic nitrogens is 1. The molecule has 0 saturated heterocycles. The van der Waals surface area contributed by atoms with Gasteiger partial charge in [0.05, 0.1) is 5.52 Å². The van der Waals surface area contributed by atoms with Gasteiger partial charge < -0.3 is 5.32 Å². The molecule has 78 valence electrons. The zero-order valence-corrected chi connectivity index (χ0v) is 9.20. The molecule has 0 spiro atoms. The average Bonchev–Trinajstić information content (AvgIpc) is 2.30. The number of benzene rings is 1. The summed E-state index contributed by atoms with van der Waals surface area (Å²) in [5.74, 6) is 0. The van der Waals surface area contributed by atoms with Crippen LogP contribution in [-0.2, 0) is 0 Å². The molecule has 2 nitrogen and oxygen atoms in total. The average molecular weight is 200 g/mol. The number of hydrogen-bond donors (Lipinski definition) is 1. The molecule has 0 aliphatic carbocycles. The van der Waals surface area contributed by atoms with Crippen molar-refractivity contribution in [3.8, 4) is 0 Å². The highest BCUT2D eigenvalue weighted by atomic mass is 14.9. The molecular formula is C13H16N2. The van der Waals surface area contributed by atoms with E-state index in [-0.39, 0.29) is 0 Å². The monoisotopic (exact) mass is 200 g/mol. The molecule has 1 aromatic carbocycles. The third kappa shape index (κ3) is 2.00. The zero-order chi connectivity index (χ0) is 10.7. The molecule has 1 atom stereocenters. The minimum atomic E-state index is 0.405. The van der Waals surface area contributed by atoms with Crippen LogP contribution in [0, 0.1) is 0 Å². The predicted molar refractivity (Wildman–Crippen MR) is 63.8 cm³/mol. The van der Waals surface area contributed by atoms with Gasteiger partial charge in [0.15, 0.2) is 0 Å². The molecule has 2 heteroatoms. The minimum Gasteiger partial charge on any atom is -0.313 e. The lowest BCUT2D eigenvalue weighted by atomic mass is 10.0. The number of para-hydroxylation sites is 1. The maximum atomic E-state index is 4.46. The molecule has 15 heavy (non-hydrogen) atoms. The second-order valence-electron chi connectivity index (χ2n) is 3.71. The van der Waals surface area contributed by atoms with Gasteiger partial charge >= 0.3 is 0 Å². The molecule has 0 radical (unpaired) electrons. The summed E-state index contributed by atoms with van der Waals surface area (Å²) in [6.45, 7) is 2.18. The fraction of sp³-hybridized carbons (Fsp3) is 0.308. The van der Waals surface area contributed by atoms with Gasteiger partial charge in [0, 0.05) is 17.6 Å². The lowest BCUT2D eigenvalue weighted by molar-refractivity contribution is 0.576. The summed E-state index contributed by atoms with van der Waals surface area (Å²) >= 11 is 0. The summed E-state index contributed by atoms with van der Waals surface area (Å²) in [6.07, 6.45) is 3.05. The number of hydrogen-bond acceptors (Lipinski definition) is 2. The molecule has 0 amide bonds. The Balaban J connectivity index is 2.46. The normalized spacial score (nSPS) is 12.9. The van der Waals surface area contributed by atoms with Crippen molar-refractivity contribution in [2.24, 2.45) is 0 Å². The Morgan fingerprint density at radius 1 is 1.33 bits per heavy atom. The summed E-state index contributed by atoms with van der Waals surface area (Å²) in [6, 6.07) is 10.8. The summed E-state index contributed by atoms with van der Waals surface area (Å²) in [7, 11) is 1.99. The molecule has 1 aromatic heterocycles. The first-order chi connectivity index (χ1) is 7.35. The maximum Gasteiger partial charge on any atom is 0.0702 e. The van der Waals surface area contributed by atoms with E-state index in [2.05, 4.69) is 29.4 Å². The van der Waals surface area contributed by atoms with E-state index in [0.29, 0.717) is 6.04 Å². The van der Waals surface area contributed by atoms with E-state index < -0.39 is 0 Å². The molecule has 0 aliphatic rings. The van der Waals surface area contributed by atoms with Crippen molar-refractivity contribution in [3.63, 3.8) is 0 Å². The van der Waals surface area contributed by atoms with Gasteiger partial charge in [-0.3, -0.25) is 4.98 Å². The van der Waals surface area contributed by atoms with Crippen molar-refractivity contribution >= 4 is 10.9 Å². The van der Waals surface area contributed by atoms with Crippen LogP contribution < -0.4 is 5.32 Å². The van der Waals surface area contributed by atoms with E-state index >= 15 is 0 Å². The van der Waals surface area contributed by atoms with Gasteiger partial charge in [-0.05, 0) is 31.2 Å². The zero-order valence-electron chi connectivity index (χ0n) is 9.20. The molecule has 1 N–H and O–H groups in total. The van der Waals surface area contributed by atoms with Gasteiger partial charge in [0.25, 0.3) is 0 Å². The fourth-order valence-corrected chi connectivity index (χ4v) is 1.89. The van der Waals surface area contributed by atoms with Gasteiger partial charge in [-0.25, -0.2) is 0 Å². The molecule has 1 unspecified atom stereocenters. The molecule has 0 aliphatic heterocycles. The molecule has 1 heterocycles. The topological polar surface area (TPSA) is 24.9 Å². The quantitative estimate of drug-likeness (QED) is 0.824. The van der Waals surface area contributed by atoms with Crippen molar-refractivity contribution in [3.05, 3.63) is 42.1 Å². The van der Waals surface area contributed by atoms with Crippen LogP contribution in [0.3, 0.4) is 0 Å². The molecular weight excluding hydrogens is 184 g/mol. The fourth-order valence-electron chi connectivity index (χ4n) is 1.89. The van der Waals surface area contributed by atoms with Crippen molar-refractivity contribution in [2.75, 3.05) is 7.05 Å². The first-order valence-corrected chi connectivity index (χ1v) is 5.37. The lowest BCUT2D eigenvalue weighted by Crippen LogP contribution is -2.15. The Kier molecular flexibility index (Phi) is 2.97. The van der Waals surface area contributed by atoms with E-state index in [4.69, 9.17) is 0 Å². The Morgan fingerprint density at radius 2 is 2.13 bits per heavy atom. The van der Waals surface area contributed by atoms with Crippen LogP contribution in [-0.4, -0.2) is 12.0 Å². The standard InChI is InChI=1S/C13H16N2/c1-3-12(14-2)11-8-10-6-4-5-7-13(10)15-9-11/h4-9,12,14H,3H2,1-2H3. The van der Waals surface area contributed by atoms with Gasteiger partial charge in [-0.15, -0.1) is 0 Å². The lowest BCUT2D eigenvalue weighted by Gasteiger charge is -2.14. The van der Waals surface area contributed by atoms with Crippen molar-refractivity contribution < 1.29 is 0 Å². The molecule has 2 aromatic rings. The van der Waals surface area contributed by atoms with E-state index in [1.54, 1.807) is 0 Å². The Morgan fingerprint density at radius 3 is 2.87 bits per heavy atom. The van der Waals surface area contributed by atoms with E-state index in [1.807, 2.05) is 31.4 Å². The summed E-state index contributed by atoms with van der Waals surface area (Å²) in [4.78, 5) is 4.46. The summed E-state index contributed by atoms with van der Waals surface area (Å²) < 4.78 is 0. The van der Waals surface area contributed by atoms with Crippen LogP contribution in [0.2, 0.25) is 0 Å². The molecule has 2 rings (SSSR count). The van der Waals surface area contributed by atoms with Crippen LogP contribution in [0.4, 0.5) is 0 Å². The van der Waals surface area contributed by atoms with Gasteiger partial charge in [-0.2, -0.15) is 0 Å². The van der Waals surface area contributed by atoms with Gasteiger partial charge in [0.2, 0.25) is 0 Å².